The first-order valence-corrected chi connectivity index (χ1v) is 12.6. The van der Waals surface area contributed by atoms with Gasteiger partial charge in [-0.2, -0.15) is 40.5 Å². The molecule has 3 atom stereocenters. The number of nitrogens with zero attached hydrogens (tertiary/aromatic N) is 3. The first kappa shape index (κ1) is 30.3. The number of ether oxygens (including phenoxy) is 1. The number of aliphatic hydroxyl groups is 1. The van der Waals surface area contributed by atoms with E-state index in [2.05, 4.69) is 81.1 Å². The monoisotopic (exact) mass is 569 g/mol. The van der Waals surface area contributed by atoms with Gasteiger partial charge >= 0.3 is 0 Å². The van der Waals surface area contributed by atoms with Gasteiger partial charge in [-0.25, -0.2) is 0 Å². The molecule has 1 fully saturated rings. The Labute approximate surface area is 246 Å². The molecule has 8 heteroatoms. The molecule has 1 aromatic heterocycles. The van der Waals surface area contributed by atoms with E-state index in [9.17, 15) is 5.11 Å². The molecule has 1 saturated heterocycles. The Morgan fingerprint density at radius 2 is 1.63 bits per heavy atom. The lowest BCUT2D eigenvalue weighted by atomic mass is 9.96. The fraction of sp³-hybridized carbons (Fsp3) is 0.333. The summed E-state index contributed by atoms with van der Waals surface area (Å²) in [6.45, 7) is 2.86. The van der Waals surface area contributed by atoms with Crippen molar-refractivity contribution in [3.05, 3.63) is 85.1 Å². The number of aromatic nitrogens is 1. The lowest BCUT2D eigenvalue weighted by Crippen LogP contribution is -2.60. The number of anilines is 1. The van der Waals surface area contributed by atoms with Crippen molar-refractivity contribution in [2.75, 3.05) is 31.1 Å². The number of hydrogen-bond acceptors (Lipinski definition) is 4. The molecule has 3 aliphatic rings. The van der Waals surface area contributed by atoms with E-state index in [1.54, 1.807) is 0 Å². The van der Waals surface area contributed by atoms with E-state index in [0.29, 0.717) is 25.2 Å². The maximum absolute atomic E-state index is 10.9. The van der Waals surface area contributed by atoms with E-state index >= 15 is 0 Å². The number of hydrogen-bond donors (Lipinski definition) is 1. The summed E-state index contributed by atoms with van der Waals surface area (Å²) in [6.07, 6.45) is 8.20. The highest BCUT2D eigenvalue weighted by Gasteiger charge is 2.35. The van der Waals surface area contributed by atoms with Gasteiger partial charge < -0.3 is 19.3 Å². The highest BCUT2D eigenvalue weighted by Crippen LogP contribution is 2.31. The molecule has 4 aromatic rings. The normalized spacial score (nSPS) is 20.5. The van der Waals surface area contributed by atoms with Gasteiger partial charge in [0.05, 0.1) is 5.52 Å². The molecule has 0 aliphatic carbocycles. The zero-order valence-electron chi connectivity index (χ0n) is 21.8. The summed E-state index contributed by atoms with van der Waals surface area (Å²) in [6, 6.07) is 24.3. The number of benzene rings is 3. The topological polar surface area (TPSA) is 40.9 Å². The Morgan fingerprint density at radius 1 is 0.868 bits per heavy atom. The van der Waals surface area contributed by atoms with Crippen LogP contribution in [0.3, 0.4) is 0 Å². The summed E-state index contributed by atoms with van der Waals surface area (Å²) >= 11 is 0. The van der Waals surface area contributed by atoms with Crippen LogP contribution in [0.5, 0.6) is 5.75 Å². The Balaban J connectivity index is 0.00000133. The first-order chi connectivity index (χ1) is 17.2. The number of aliphatic hydroxyl groups excluding tert-OH is 1. The molecule has 0 amide bonds. The highest BCUT2D eigenvalue weighted by molar-refractivity contribution is 7.59. The molecule has 0 unspecified atom stereocenters. The molecule has 0 spiro atoms. The fourth-order valence-electron chi connectivity index (χ4n) is 5.75. The van der Waals surface area contributed by atoms with Crippen molar-refractivity contribution in [1.29, 1.82) is 0 Å². The van der Waals surface area contributed by atoms with Crippen LogP contribution in [0.25, 0.3) is 21.7 Å². The quantitative estimate of drug-likeness (QED) is 0.319. The lowest BCUT2D eigenvalue weighted by molar-refractivity contribution is 0.0409. The van der Waals surface area contributed by atoms with Gasteiger partial charge in [0.1, 0.15) is 18.5 Å². The van der Waals surface area contributed by atoms with Crippen LogP contribution in [0.1, 0.15) is 12.8 Å². The van der Waals surface area contributed by atoms with Gasteiger partial charge in [-0.1, -0.05) is 48.6 Å². The largest absolute Gasteiger partial charge is 0.490 e. The average Bonchev–Trinajstić information content (AvgIpc) is 3.24. The molecular formula is C30H39N3O2S3. The Kier molecular flexibility index (Phi) is 10.5. The van der Waals surface area contributed by atoms with Crippen molar-refractivity contribution in [3.63, 3.8) is 0 Å². The fourth-order valence-corrected chi connectivity index (χ4v) is 5.75. The molecule has 3 aromatic carbocycles. The third-order valence-corrected chi connectivity index (χ3v) is 7.62. The van der Waals surface area contributed by atoms with Crippen molar-refractivity contribution in [1.82, 2.24) is 9.47 Å². The second kappa shape index (κ2) is 13.2. The van der Waals surface area contributed by atoms with Crippen molar-refractivity contribution in [2.45, 2.75) is 31.0 Å². The van der Waals surface area contributed by atoms with Gasteiger partial charge in [0, 0.05) is 56.0 Å². The maximum atomic E-state index is 10.9. The number of rotatable bonds is 6. The van der Waals surface area contributed by atoms with Crippen molar-refractivity contribution in [2.24, 2.45) is 7.05 Å². The van der Waals surface area contributed by atoms with Crippen LogP contribution >= 0.6 is 40.5 Å². The summed E-state index contributed by atoms with van der Waals surface area (Å²) in [5.74, 6) is 0.835. The minimum atomic E-state index is -0.534. The molecule has 5 nitrogen and oxygen atoms in total. The predicted octanol–water partition coefficient (Wildman–Crippen LogP) is 5.32. The number of fused-ring (bicyclic) bond motifs is 6. The van der Waals surface area contributed by atoms with Gasteiger partial charge in [0.2, 0.25) is 0 Å². The van der Waals surface area contributed by atoms with E-state index in [-0.39, 0.29) is 40.5 Å². The smallest absolute Gasteiger partial charge is 0.128 e. The van der Waals surface area contributed by atoms with Crippen molar-refractivity contribution >= 4 is 67.8 Å². The minimum absolute atomic E-state index is 0. The standard InChI is InChI=1S/C30H33N3O2.3H2S/c1-31-16-15-28-29(31)11-6-12-30(28)35-21-27(34)20-32-18-26-10-5-4-9-25(32)19-33(26)24-14-13-22-7-2-3-8-23(22)17-24;;;/h2-8,11-17,25-27,34H,9-10,18-21H2,1H3;3*1H2/b5-4-;;;/t25-,26-,27-;;;/m0.../s1. The second-order valence-electron chi connectivity index (χ2n) is 9.97. The number of piperazine rings is 1. The molecule has 1 N–H and O–H groups in total. The van der Waals surface area contributed by atoms with E-state index in [0.717, 1.165) is 42.6 Å². The molecule has 0 radical (unpaired) electrons. The third kappa shape index (κ3) is 6.15. The molecular weight excluding hydrogens is 531 g/mol. The molecule has 204 valence electrons. The zero-order valence-corrected chi connectivity index (χ0v) is 24.8. The molecule has 7 rings (SSSR count). The molecule has 2 bridgehead atoms. The van der Waals surface area contributed by atoms with Gasteiger partial charge in [-0.05, 0) is 53.9 Å². The lowest BCUT2D eigenvalue weighted by Gasteiger charge is -2.48. The van der Waals surface area contributed by atoms with E-state index in [1.807, 2.05) is 25.4 Å². The molecule has 3 aliphatic heterocycles. The first-order valence-electron chi connectivity index (χ1n) is 12.6. The van der Waals surface area contributed by atoms with Gasteiger partial charge in [0.15, 0.2) is 0 Å². The Morgan fingerprint density at radius 3 is 2.45 bits per heavy atom. The van der Waals surface area contributed by atoms with Gasteiger partial charge in [0.25, 0.3) is 0 Å². The van der Waals surface area contributed by atoms with Crippen molar-refractivity contribution < 1.29 is 9.84 Å². The van der Waals surface area contributed by atoms with Gasteiger partial charge in [-0.3, -0.25) is 4.90 Å². The second-order valence-corrected chi connectivity index (χ2v) is 9.97. The van der Waals surface area contributed by atoms with Crippen LogP contribution in [-0.4, -0.2) is 59.0 Å². The summed E-state index contributed by atoms with van der Waals surface area (Å²) < 4.78 is 8.18. The Hall–Kier alpha value is -2.23. The van der Waals surface area contributed by atoms with Crippen LogP contribution in [0, 0.1) is 0 Å². The predicted molar refractivity (Wildman–Crippen MR) is 174 cm³/mol. The third-order valence-electron chi connectivity index (χ3n) is 7.62. The van der Waals surface area contributed by atoms with Gasteiger partial charge in [-0.15, -0.1) is 0 Å². The molecule has 38 heavy (non-hydrogen) atoms. The van der Waals surface area contributed by atoms with E-state index < -0.39 is 6.10 Å². The summed E-state index contributed by atoms with van der Waals surface area (Å²) in [5.41, 5.74) is 2.44. The summed E-state index contributed by atoms with van der Waals surface area (Å²) in [5, 5.41) is 14.6. The highest BCUT2D eigenvalue weighted by atomic mass is 32.1. The SMILES string of the molecule is Cn1ccc2c(OC[C@@H](O)CN3C[C@@H]4C/C=C\C[C@H]3CN4c3ccc4ccccc4c3)cccc21.S.S.S. The molecule has 0 saturated carbocycles. The van der Waals surface area contributed by atoms with Crippen LogP contribution in [0.4, 0.5) is 5.69 Å². The van der Waals surface area contributed by atoms with Crippen LogP contribution in [-0.2, 0) is 7.05 Å². The van der Waals surface area contributed by atoms with Crippen LogP contribution in [0.15, 0.2) is 85.1 Å². The number of aryl methyl sites for hydroxylation is 1. The molecule has 4 heterocycles. The zero-order chi connectivity index (χ0) is 23.8. The Bertz CT molecular complexity index is 1380. The minimum Gasteiger partial charge on any atom is -0.490 e. The maximum Gasteiger partial charge on any atom is 0.128 e. The van der Waals surface area contributed by atoms with E-state index in [4.69, 9.17) is 4.74 Å². The van der Waals surface area contributed by atoms with Crippen molar-refractivity contribution in [3.8, 4) is 5.75 Å². The summed E-state index contributed by atoms with van der Waals surface area (Å²) in [4.78, 5) is 5.05. The van der Waals surface area contributed by atoms with Crippen LogP contribution in [0.2, 0.25) is 0 Å². The average molecular weight is 570 g/mol. The van der Waals surface area contributed by atoms with E-state index in [1.165, 1.54) is 16.5 Å². The summed E-state index contributed by atoms with van der Waals surface area (Å²) in [7, 11) is 2.04. The van der Waals surface area contributed by atoms with Crippen LogP contribution < -0.4 is 9.64 Å².